The van der Waals surface area contributed by atoms with Crippen LogP contribution >= 0.6 is 0 Å². The highest BCUT2D eigenvalue weighted by atomic mass is 16.4. The predicted molar refractivity (Wildman–Crippen MR) is 47.3 cm³/mol. The van der Waals surface area contributed by atoms with E-state index in [-0.39, 0.29) is 12.6 Å². The molecule has 0 aromatic rings. The first-order valence-electron chi connectivity index (χ1n) is 3.96. The summed E-state index contributed by atoms with van der Waals surface area (Å²) in [6.07, 6.45) is 0. The number of nitrogens with one attached hydrogen (secondary N) is 2. The van der Waals surface area contributed by atoms with Crippen molar-refractivity contribution in [3.63, 3.8) is 0 Å². The molecule has 0 saturated heterocycles. The van der Waals surface area contributed by atoms with Gasteiger partial charge in [0.15, 0.2) is 0 Å². The van der Waals surface area contributed by atoms with Crippen molar-refractivity contribution >= 4 is 12.0 Å². The molecule has 0 unspecified atom stereocenters. The number of hydrogen-bond acceptors (Lipinski definition) is 3. The monoisotopic (exact) mass is 189 g/mol. The summed E-state index contributed by atoms with van der Waals surface area (Å²) in [5, 5.41) is 13.3. The molecule has 0 aliphatic rings. The minimum Gasteiger partial charge on any atom is -0.480 e. The maximum absolute atomic E-state index is 10.9. The second-order valence-electron chi connectivity index (χ2n) is 2.95. The molecule has 0 aromatic heterocycles. The normalized spacial score (nSPS) is 12.3. The van der Waals surface area contributed by atoms with Crippen LogP contribution in [0.4, 0.5) is 4.79 Å². The quantitative estimate of drug-likeness (QED) is 0.460. The van der Waals surface area contributed by atoms with Crippen molar-refractivity contribution in [2.24, 2.45) is 5.73 Å². The number of urea groups is 1. The number of amides is 2. The van der Waals surface area contributed by atoms with E-state index in [9.17, 15) is 9.59 Å². The highest BCUT2D eigenvalue weighted by molar-refractivity contribution is 5.77. The Morgan fingerprint density at radius 1 is 1.46 bits per heavy atom. The maximum atomic E-state index is 10.9. The van der Waals surface area contributed by atoms with Gasteiger partial charge >= 0.3 is 12.0 Å². The van der Waals surface area contributed by atoms with Crippen LogP contribution in [0.15, 0.2) is 0 Å². The van der Waals surface area contributed by atoms with E-state index in [1.807, 2.05) is 0 Å². The van der Waals surface area contributed by atoms with Crippen LogP contribution in [0.5, 0.6) is 0 Å². The second kappa shape index (κ2) is 5.36. The van der Waals surface area contributed by atoms with Crippen LogP contribution in [0.3, 0.4) is 0 Å². The molecular weight excluding hydrogens is 174 g/mol. The number of nitrogens with two attached hydrogens (primary N) is 1. The molecule has 6 heteroatoms. The van der Waals surface area contributed by atoms with Crippen LogP contribution in [0.2, 0.25) is 0 Å². The molecule has 1 atom stereocenters. The fraction of sp³-hybridized carbons (Fsp3) is 0.714. The fourth-order valence-electron chi connectivity index (χ4n) is 0.603. The van der Waals surface area contributed by atoms with Crippen LogP contribution in [0, 0.1) is 0 Å². The van der Waals surface area contributed by atoms with Crippen LogP contribution in [-0.2, 0) is 4.79 Å². The van der Waals surface area contributed by atoms with E-state index >= 15 is 0 Å². The largest absolute Gasteiger partial charge is 0.480 e. The van der Waals surface area contributed by atoms with Gasteiger partial charge in [0.1, 0.15) is 6.04 Å². The molecule has 0 bridgehead atoms. The molecule has 0 fully saturated rings. The van der Waals surface area contributed by atoms with Gasteiger partial charge in [-0.05, 0) is 13.8 Å². The van der Waals surface area contributed by atoms with Crippen molar-refractivity contribution in [3.05, 3.63) is 0 Å². The molecule has 0 saturated carbocycles. The predicted octanol–water partition coefficient (Wildman–Crippen LogP) is -0.894. The van der Waals surface area contributed by atoms with Crippen LogP contribution in [0.25, 0.3) is 0 Å². The summed E-state index contributed by atoms with van der Waals surface area (Å²) in [4.78, 5) is 21.1. The molecule has 2 amide bonds. The van der Waals surface area contributed by atoms with E-state index in [1.54, 1.807) is 13.8 Å². The van der Waals surface area contributed by atoms with E-state index in [4.69, 9.17) is 10.8 Å². The molecule has 5 N–H and O–H groups in total. The molecule has 0 aliphatic carbocycles. The first-order valence-corrected chi connectivity index (χ1v) is 3.96. The summed E-state index contributed by atoms with van der Waals surface area (Å²) in [6.45, 7) is 3.53. The number of carbonyl (C=O) groups excluding carboxylic acids is 1. The summed E-state index contributed by atoms with van der Waals surface area (Å²) in [7, 11) is 0. The van der Waals surface area contributed by atoms with Crippen molar-refractivity contribution in [3.8, 4) is 0 Å². The Morgan fingerprint density at radius 2 is 2.00 bits per heavy atom. The maximum Gasteiger partial charge on any atom is 0.322 e. The third kappa shape index (κ3) is 5.92. The zero-order valence-corrected chi connectivity index (χ0v) is 7.70. The SMILES string of the molecule is CC(C)NC(=O)NC[C@@H](N)C(=O)O. The lowest BCUT2D eigenvalue weighted by atomic mass is 10.3. The number of hydrogen-bond donors (Lipinski definition) is 4. The topological polar surface area (TPSA) is 104 Å². The van der Waals surface area contributed by atoms with E-state index < -0.39 is 18.0 Å². The molecule has 0 spiro atoms. The van der Waals surface area contributed by atoms with Gasteiger partial charge in [0.05, 0.1) is 0 Å². The number of carbonyl (C=O) groups is 2. The van der Waals surface area contributed by atoms with E-state index in [0.29, 0.717) is 0 Å². The van der Waals surface area contributed by atoms with E-state index in [0.717, 1.165) is 0 Å². The van der Waals surface area contributed by atoms with Gasteiger partial charge in [-0.15, -0.1) is 0 Å². The zero-order valence-electron chi connectivity index (χ0n) is 7.70. The summed E-state index contributed by atoms with van der Waals surface area (Å²) >= 11 is 0. The lowest BCUT2D eigenvalue weighted by molar-refractivity contribution is -0.138. The third-order valence-corrected chi connectivity index (χ3v) is 1.22. The van der Waals surface area contributed by atoms with Gasteiger partial charge in [0, 0.05) is 12.6 Å². The first kappa shape index (κ1) is 11.7. The van der Waals surface area contributed by atoms with E-state index in [1.165, 1.54) is 0 Å². The van der Waals surface area contributed by atoms with Gasteiger partial charge in [-0.1, -0.05) is 0 Å². The second-order valence-corrected chi connectivity index (χ2v) is 2.95. The van der Waals surface area contributed by atoms with Crippen LogP contribution < -0.4 is 16.4 Å². The molecule has 13 heavy (non-hydrogen) atoms. The lowest BCUT2D eigenvalue weighted by Gasteiger charge is -2.11. The molecule has 6 nitrogen and oxygen atoms in total. The van der Waals surface area contributed by atoms with Gasteiger partial charge in [-0.2, -0.15) is 0 Å². The molecule has 0 rings (SSSR count). The Morgan fingerprint density at radius 3 is 2.38 bits per heavy atom. The summed E-state index contributed by atoms with van der Waals surface area (Å²) in [5.74, 6) is -1.13. The molecule has 0 aliphatic heterocycles. The van der Waals surface area contributed by atoms with Gasteiger partial charge in [-0.3, -0.25) is 4.79 Å². The Labute approximate surface area is 76.5 Å². The highest BCUT2D eigenvalue weighted by Gasteiger charge is 2.12. The molecule has 0 radical (unpaired) electrons. The highest BCUT2D eigenvalue weighted by Crippen LogP contribution is 1.78. The number of rotatable bonds is 4. The zero-order chi connectivity index (χ0) is 10.4. The number of carboxylic acids is 1. The molecule has 0 heterocycles. The minimum absolute atomic E-state index is 0.0149. The van der Waals surface area contributed by atoms with Crippen molar-refractivity contribution in [1.29, 1.82) is 0 Å². The number of carboxylic acid groups (broad SMARTS) is 1. The first-order chi connectivity index (χ1) is 5.93. The number of aliphatic carboxylic acids is 1. The van der Waals surface area contributed by atoms with Crippen molar-refractivity contribution < 1.29 is 14.7 Å². The Balaban J connectivity index is 3.64. The molecule has 0 aromatic carbocycles. The van der Waals surface area contributed by atoms with Gasteiger partial charge in [0.2, 0.25) is 0 Å². The summed E-state index contributed by atoms with van der Waals surface area (Å²) < 4.78 is 0. The van der Waals surface area contributed by atoms with Crippen LogP contribution in [-0.4, -0.2) is 35.7 Å². The Hall–Kier alpha value is -1.30. The van der Waals surface area contributed by atoms with Gasteiger partial charge in [0.25, 0.3) is 0 Å². The van der Waals surface area contributed by atoms with Gasteiger partial charge in [-0.25, -0.2) is 4.79 Å². The summed E-state index contributed by atoms with van der Waals surface area (Å²) in [6, 6.07) is -1.45. The average molecular weight is 189 g/mol. The Kier molecular flexibility index (Phi) is 4.83. The average Bonchev–Trinajstić information content (AvgIpc) is 1.98. The Bertz CT molecular complexity index is 193. The third-order valence-electron chi connectivity index (χ3n) is 1.22. The minimum atomic E-state index is -1.13. The molecular formula is C7H15N3O3. The smallest absolute Gasteiger partial charge is 0.322 e. The van der Waals surface area contributed by atoms with Crippen LogP contribution in [0.1, 0.15) is 13.8 Å². The van der Waals surface area contributed by atoms with Gasteiger partial charge < -0.3 is 21.5 Å². The van der Waals surface area contributed by atoms with Crippen molar-refractivity contribution in [1.82, 2.24) is 10.6 Å². The fourth-order valence-corrected chi connectivity index (χ4v) is 0.603. The lowest BCUT2D eigenvalue weighted by Crippen LogP contribution is -2.47. The standard InChI is InChI=1S/C7H15N3O3/c1-4(2)10-7(13)9-3-5(8)6(11)12/h4-5H,3,8H2,1-2H3,(H,11,12)(H2,9,10,13)/t5-/m1/s1. The molecule has 76 valence electrons. The van der Waals surface area contributed by atoms with E-state index in [2.05, 4.69) is 10.6 Å². The van der Waals surface area contributed by atoms with Crippen molar-refractivity contribution in [2.75, 3.05) is 6.54 Å². The summed E-state index contributed by atoms with van der Waals surface area (Å²) in [5.41, 5.74) is 5.15. The van der Waals surface area contributed by atoms with Crippen molar-refractivity contribution in [2.45, 2.75) is 25.9 Å².